The summed E-state index contributed by atoms with van der Waals surface area (Å²) in [5.74, 6) is 1.86. The first-order chi connectivity index (χ1) is 11.5. The molecule has 6 nitrogen and oxygen atoms in total. The number of rotatable bonds is 5. The molecule has 4 rings (SSSR count). The number of ether oxygens (including phenoxy) is 2. The first kappa shape index (κ1) is 15.7. The van der Waals surface area contributed by atoms with Crippen LogP contribution in [0.25, 0.3) is 0 Å². The standard InChI is InChI=1S/C17H21NO5S/c19-17(6-2-12-1-5-15-16(9-12)23-11-22-15)18(13-3-4-13)14-7-8-24(20,21)10-14/h1,5,9,13-14H,2-4,6-8,10-11H2. The van der Waals surface area contributed by atoms with Gasteiger partial charge in [-0.05, 0) is 43.4 Å². The zero-order chi connectivity index (χ0) is 16.7. The molecule has 3 aliphatic rings. The van der Waals surface area contributed by atoms with Gasteiger partial charge in [0, 0.05) is 18.5 Å². The van der Waals surface area contributed by atoms with E-state index in [0.29, 0.717) is 19.3 Å². The van der Waals surface area contributed by atoms with Crippen LogP contribution in [0.15, 0.2) is 18.2 Å². The summed E-state index contributed by atoms with van der Waals surface area (Å²) in [5, 5.41) is 0. The summed E-state index contributed by atoms with van der Waals surface area (Å²) in [6.45, 7) is 0.239. The lowest BCUT2D eigenvalue weighted by Gasteiger charge is -2.28. The molecule has 1 unspecified atom stereocenters. The number of hydrogen-bond donors (Lipinski definition) is 0. The zero-order valence-electron chi connectivity index (χ0n) is 13.4. The summed E-state index contributed by atoms with van der Waals surface area (Å²) in [6.07, 6.45) is 3.58. The van der Waals surface area contributed by atoms with Crippen LogP contribution in [-0.2, 0) is 21.1 Å². The van der Waals surface area contributed by atoms with E-state index in [1.807, 2.05) is 23.1 Å². The first-order valence-electron chi connectivity index (χ1n) is 8.42. The fourth-order valence-electron chi connectivity index (χ4n) is 3.53. The van der Waals surface area contributed by atoms with Crippen LogP contribution in [0.4, 0.5) is 0 Å². The highest BCUT2D eigenvalue weighted by atomic mass is 32.2. The minimum Gasteiger partial charge on any atom is -0.454 e. The predicted molar refractivity (Wildman–Crippen MR) is 87.8 cm³/mol. The minimum atomic E-state index is -2.98. The molecular formula is C17H21NO5S. The number of hydrogen-bond acceptors (Lipinski definition) is 5. The molecule has 2 heterocycles. The van der Waals surface area contributed by atoms with Crippen molar-refractivity contribution < 1.29 is 22.7 Å². The fraction of sp³-hybridized carbons (Fsp3) is 0.588. The SMILES string of the molecule is O=C(CCc1ccc2c(c1)OCO2)N(C1CC1)C1CCS(=O)(=O)C1. The molecule has 1 saturated carbocycles. The van der Waals surface area contributed by atoms with E-state index in [2.05, 4.69) is 0 Å². The van der Waals surface area contributed by atoms with Gasteiger partial charge in [-0.1, -0.05) is 6.07 Å². The van der Waals surface area contributed by atoms with E-state index in [1.54, 1.807) is 0 Å². The largest absolute Gasteiger partial charge is 0.454 e. The Morgan fingerprint density at radius 1 is 1.12 bits per heavy atom. The Morgan fingerprint density at radius 2 is 1.92 bits per heavy atom. The molecule has 1 amide bonds. The molecule has 0 aromatic heterocycles. The molecule has 7 heteroatoms. The van der Waals surface area contributed by atoms with E-state index in [4.69, 9.17) is 9.47 Å². The first-order valence-corrected chi connectivity index (χ1v) is 10.2. The average Bonchev–Trinajstić information content (AvgIpc) is 3.14. The minimum absolute atomic E-state index is 0.0669. The Bertz CT molecular complexity index is 756. The van der Waals surface area contributed by atoms with E-state index < -0.39 is 9.84 Å². The van der Waals surface area contributed by atoms with Gasteiger partial charge in [0.25, 0.3) is 0 Å². The van der Waals surface area contributed by atoms with Crippen LogP contribution >= 0.6 is 0 Å². The van der Waals surface area contributed by atoms with Gasteiger partial charge >= 0.3 is 0 Å². The van der Waals surface area contributed by atoms with Gasteiger partial charge in [-0.15, -0.1) is 0 Å². The lowest BCUT2D eigenvalue weighted by atomic mass is 10.1. The van der Waals surface area contributed by atoms with Crippen LogP contribution < -0.4 is 9.47 Å². The summed E-state index contributed by atoms with van der Waals surface area (Å²) in [4.78, 5) is 14.6. The van der Waals surface area contributed by atoms with Crippen molar-refractivity contribution in [2.75, 3.05) is 18.3 Å². The number of nitrogens with zero attached hydrogens (tertiary/aromatic N) is 1. The van der Waals surface area contributed by atoms with E-state index >= 15 is 0 Å². The number of carbonyl (C=O) groups is 1. The zero-order valence-corrected chi connectivity index (χ0v) is 14.3. The van der Waals surface area contributed by atoms with E-state index in [0.717, 1.165) is 29.9 Å². The van der Waals surface area contributed by atoms with Crippen LogP contribution in [0, 0.1) is 0 Å². The molecule has 1 aliphatic carbocycles. The van der Waals surface area contributed by atoms with Gasteiger partial charge in [0.1, 0.15) is 0 Å². The predicted octanol–water partition coefficient (Wildman–Crippen LogP) is 1.53. The van der Waals surface area contributed by atoms with Crippen molar-refractivity contribution in [2.24, 2.45) is 0 Å². The van der Waals surface area contributed by atoms with Crippen molar-refractivity contribution in [1.82, 2.24) is 4.90 Å². The summed E-state index contributed by atoms with van der Waals surface area (Å²) in [7, 11) is -2.98. The second kappa shape index (κ2) is 5.95. The van der Waals surface area contributed by atoms with Crippen LogP contribution in [0.5, 0.6) is 11.5 Å². The van der Waals surface area contributed by atoms with Gasteiger partial charge in [0.05, 0.1) is 11.5 Å². The maximum absolute atomic E-state index is 12.7. The number of amides is 1. The van der Waals surface area contributed by atoms with Crippen LogP contribution in [0.2, 0.25) is 0 Å². The number of carbonyl (C=O) groups excluding carboxylic acids is 1. The van der Waals surface area contributed by atoms with Gasteiger partial charge in [-0.3, -0.25) is 4.79 Å². The van der Waals surface area contributed by atoms with Crippen LogP contribution in [0.1, 0.15) is 31.2 Å². The molecular weight excluding hydrogens is 330 g/mol. The summed E-state index contributed by atoms with van der Waals surface area (Å²) < 4.78 is 34.1. The monoisotopic (exact) mass is 351 g/mol. The number of aryl methyl sites for hydroxylation is 1. The average molecular weight is 351 g/mol. The molecule has 0 bridgehead atoms. The summed E-state index contributed by atoms with van der Waals surface area (Å²) in [6, 6.07) is 5.84. The second-order valence-corrected chi connectivity index (χ2v) is 9.01. The molecule has 0 spiro atoms. The van der Waals surface area contributed by atoms with Crippen molar-refractivity contribution in [3.05, 3.63) is 23.8 Å². The third-order valence-corrected chi connectivity index (χ3v) is 6.64. The second-order valence-electron chi connectivity index (χ2n) is 6.78. The Hall–Kier alpha value is -1.76. The number of benzene rings is 1. The maximum Gasteiger partial charge on any atom is 0.231 e. The molecule has 1 aromatic carbocycles. The highest BCUT2D eigenvalue weighted by Crippen LogP contribution is 2.34. The molecule has 2 aliphatic heterocycles. The van der Waals surface area contributed by atoms with E-state index in [-0.39, 0.29) is 36.3 Å². The number of sulfone groups is 1. The Morgan fingerprint density at radius 3 is 2.62 bits per heavy atom. The molecule has 1 aromatic rings. The molecule has 2 fully saturated rings. The van der Waals surface area contributed by atoms with E-state index in [1.165, 1.54) is 0 Å². The molecule has 130 valence electrons. The lowest BCUT2D eigenvalue weighted by molar-refractivity contribution is -0.133. The van der Waals surface area contributed by atoms with Crippen molar-refractivity contribution in [1.29, 1.82) is 0 Å². The molecule has 1 saturated heterocycles. The quantitative estimate of drug-likeness (QED) is 0.804. The molecule has 24 heavy (non-hydrogen) atoms. The van der Waals surface area contributed by atoms with Crippen molar-refractivity contribution in [3.8, 4) is 11.5 Å². The van der Waals surface area contributed by atoms with Crippen molar-refractivity contribution in [2.45, 2.75) is 44.2 Å². The van der Waals surface area contributed by atoms with Crippen molar-refractivity contribution >= 4 is 15.7 Å². The Labute approximate surface area is 141 Å². The summed E-state index contributed by atoms with van der Waals surface area (Å²) in [5.41, 5.74) is 1.03. The fourth-order valence-corrected chi connectivity index (χ4v) is 5.24. The van der Waals surface area contributed by atoms with Crippen LogP contribution in [0.3, 0.4) is 0 Å². The smallest absolute Gasteiger partial charge is 0.231 e. The van der Waals surface area contributed by atoms with Gasteiger partial charge in [-0.2, -0.15) is 0 Å². The highest BCUT2D eigenvalue weighted by molar-refractivity contribution is 7.91. The molecule has 1 atom stereocenters. The van der Waals surface area contributed by atoms with Gasteiger partial charge in [-0.25, -0.2) is 8.42 Å². The lowest BCUT2D eigenvalue weighted by Crippen LogP contribution is -2.42. The highest BCUT2D eigenvalue weighted by Gasteiger charge is 2.41. The number of fused-ring (bicyclic) bond motifs is 1. The van der Waals surface area contributed by atoms with E-state index in [9.17, 15) is 13.2 Å². The summed E-state index contributed by atoms with van der Waals surface area (Å²) >= 11 is 0. The normalized spacial score (nSPS) is 24.1. The van der Waals surface area contributed by atoms with Crippen LogP contribution in [-0.4, -0.2) is 49.6 Å². The van der Waals surface area contributed by atoms with Crippen molar-refractivity contribution in [3.63, 3.8) is 0 Å². The third kappa shape index (κ3) is 3.22. The molecule has 0 radical (unpaired) electrons. The van der Waals surface area contributed by atoms with Gasteiger partial charge < -0.3 is 14.4 Å². The topological polar surface area (TPSA) is 72.9 Å². The Kier molecular flexibility index (Phi) is 3.90. The molecule has 0 N–H and O–H groups in total. The Balaban J connectivity index is 1.41. The van der Waals surface area contributed by atoms with Gasteiger partial charge in [0.2, 0.25) is 12.7 Å². The van der Waals surface area contributed by atoms with Gasteiger partial charge in [0.15, 0.2) is 21.3 Å². The maximum atomic E-state index is 12.7. The third-order valence-electron chi connectivity index (χ3n) is 4.89.